The van der Waals surface area contributed by atoms with E-state index in [2.05, 4.69) is 45.1 Å². The Balaban J connectivity index is 2.19. The first-order valence-electron chi connectivity index (χ1n) is 9.51. The van der Waals surface area contributed by atoms with Crippen molar-refractivity contribution in [2.45, 2.75) is 53.0 Å². The highest BCUT2D eigenvalue weighted by Crippen LogP contribution is 2.32. The number of nitrogens with zero attached hydrogens (tertiary/aromatic N) is 1. The van der Waals surface area contributed by atoms with Crippen molar-refractivity contribution in [3.05, 3.63) is 65.2 Å². The normalized spacial score (nSPS) is 10.9. The van der Waals surface area contributed by atoms with Crippen LogP contribution in [0.5, 0.6) is 0 Å². The molecule has 0 radical (unpaired) electrons. The largest absolute Gasteiger partial charge is 0.329 e. The van der Waals surface area contributed by atoms with Crippen LogP contribution in [-0.2, 0) is 16.1 Å². The molecule has 0 aliphatic carbocycles. The lowest BCUT2D eigenvalue weighted by Crippen LogP contribution is -2.36. The van der Waals surface area contributed by atoms with Gasteiger partial charge in [0, 0.05) is 19.2 Å². The van der Waals surface area contributed by atoms with Gasteiger partial charge in [-0.1, -0.05) is 76.2 Å². The van der Waals surface area contributed by atoms with E-state index in [9.17, 15) is 9.59 Å². The summed E-state index contributed by atoms with van der Waals surface area (Å²) in [5, 5.41) is 3.08. The second kappa shape index (κ2) is 9.36. The number of anilines is 1. The minimum absolute atomic E-state index is 0.0359. The van der Waals surface area contributed by atoms with E-state index in [1.807, 2.05) is 36.4 Å². The fourth-order valence-electron chi connectivity index (χ4n) is 3.13. The van der Waals surface area contributed by atoms with Crippen LogP contribution in [0.1, 0.15) is 63.1 Å². The molecule has 2 amide bonds. The lowest BCUT2D eigenvalue weighted by atomic mass is 9.92. The minimum Gasteiger partial charge on any atom is -0.329 e. The third-order valence-electron chi connectivity index (χ3n) is 4.63. The molecule has 0 bridgehead atoms. The van der Waals surface area contributed by atoms with Crippen molar-refractivity contribution in [1.82, 2.24) is 4.90 Å². The van der Waals surface area contributed by atoms with Gasteiger partial charge >= 0.3 is 0 Å². The van der Waals surface area contributed by atoms with Crippen molar-refractivity contribution in [3.63, 3.8) is 0 Å². The smallest absolute Gasteiger partial charge is 0.244 e. The Morgan fingerprint density at radius 3 is 1.93 bits per heavy atom. The van der Waals surface area contributed by atoms with Gasteiger partial charge in [0.1, 0.15) is 6.54 Å². The predicted molar refractivity (Wildman–Crippen MR) is 111 cm³/mol. The molecule has 0 unspecified atom stereocenters. The maximum absolute atomic E-state index is 12.8. The van der Waals surface area contributed by atoms with Gasteiger partial charge < -0.3 is 10.2 Å². The number of amides is 2. The zero-order chi connectivity index (χ0) is 20.0. The van der Waals surface area contributed by atoms with E-state index in [0.29, 0.717) is 18.4 Å². The van der Waals surface area contributed by atoms with Gasteiger partial charge in [-0.3, -0.25) is 9.59 Å². The molecule has 0 saturated carbocycles. The first-order chi connectivity index (χ1) is 12.8. The number of benzene rings is 2. The van der Waals surface area contributed by atoms with Crippen LogP contribution in [0, 0.1) is 0 Å². The number of para-hydroxylation sites is 1. The summed E-state index contributed by atoms with van der Waals surface area (Å²) in [5.74, 6) is 0.311. The number of nitrogens with one attached hydrogen (secondary N) is 1. The van der Waals surface area contributed by atoms with Crippen LogP contribution in [0.15, 0.2) is 48.5 Å². The summed E-state index contributed by atoms with van der Waals surface area (Å²) in [4.78, 5) is 26.4. The SMILES string of the molecule is CC(=O)N(CC(=O)Nc1c(C(C)C)cccc1C(C)C)Cc1ccccc1. The van der Waals surface area contributed by atoms with Crippen LogP contribution in [0.3, 0.4) is 0 Å². The number of carbonyl (C=O) groups is 2. The Kier molecular flexibility index (Phi) is 7.17. The Morgan fingerprint density at radius 2 is 1.44 bits per heavy atom. The average molecular weight is 367 g/mol. The van der Waals surface area contributed by atoms with Crippen molar-refractivity contribution in [3.8, 4) is 0 Å². The summed E-state index contributed by atoms with van der Waals surface area (Å²) >= 11 is 0. The van der Waals surface area contributed by atoms with Crippen LogP contribution in [0.4, 0.5) is 5.69 Å². The summed E-state index contributed by atoms with van der Waals surface area (Å²) in [5.41, 5.74) is 4.13. The third kappa shape index (κ3) is 5.68. The van der Waals surface area contributed by atoms with E-state index < -0.39 is 0 Å². The molecular formula is C23H30N2O2. The first-order valence-corrected chi connectivity index (χ1v) is 9.51. The van der Waals surface area contributed by atoms with Crippen molar-refractivity contribution >= 4 is 17.5 Å². The highest BCUT2D eigenvalue weighted by atomic mass is 16.2. The van der Waals surface area contributed by atoms with E-state index in [1.54, 1.807) is 4.90 Å². The lowest BCUT2D eigenvalue weighted by molar-refractivity contribution is -0.133. The molecular weight excluding hydrogens is 336 g/mol. The maximum Gasteiger partial charge on any atom is 0.244 e. The van der Waals surface area contributed by atoms with Crippen LogP contribution < -0.4 is 5.32 Å². The van der Waals surface area contributed by atoms with Crippen LogP contribution in [0.25, 0.3) is 0 Å². The third-order valence-corrected chi connectivity index (χ3v) is 4.63. The molecule has 0 heterocycles. The molecule has 0 saturated heterocycles. The molecule has 144 valence electrons. The maximum atomic E-state index is 12.8. The van der Waals surface area contributed by atoms with Crippen LogP contribution in [0.2, 0.25) is 0 Å². The van der Waals surface area contributed by atoms with E-state index in [-0.39, 0.29) is 18.4 Å². The summed E-state index contributed by atoms with van der Waals surface area (Å²) in [6.07, 6.45) is 0. The first kappa shape index (κ1) is 20.7. The van der Waals surface area contributed by atoms with Crippen molar-refractivity contribution in [2.24, 2.45) is 0 Å². The van der Waals surface area contributed by atoms with Gasteiger partial charge in [0.2, 0.25) is 11.8 Å². The molecule has 1 N–H and O–H groups in total. The molecule has 0 fully saturated rings. The average Bonchev–Trinajstić information content (AvgIpc) is 2.61. The standard InChI is InChI=1S/C23H30N2O2/c1-16(2)20-12-9-13-21(17(3)4)23(20)24-22(27)15-25(18(5)26)14-19-10-7-6-8-11-19/h6-13,16-17H,14-15H2,1-5H3,(H,24,27). The Labute approximate surface area is 162 Å². The number of hydrogen-bond acceptors (Lipinski definition) is 2. The fraction of sp³-hybridized carbons (Fsp3) is 0.391. The fourth-order valence-corrected chi connectivity index (χ4v) is 3.13. The van der Waals surface area contributed by atoms with Gasteiger partial charge in [-0.2, -0.15) is 0 Å². The van der Waals surface area contributed by atoms with Gasteiger partial charge in [0.15, 0.2) is 0 Å². The van der Waals surface area contributed by atoms with Crippen molar-refractivity contribution < 1.29 is 9.59 Å². The molecule has 0 aliphatic rings. The molecule has 0 aromatic heterocycles. The second-order valence-corrected chi connectivity index (χ2v) is 7.53. The highest BCUT2D eigenvalue weighted by Gasteiger charge is 2.19. The quantitative estimate of drug-likeness (QED) is 0.756. The molecule has 2 rings (SSSR count). The second-order valence-electron chi connectivity index (χ2n) is 7.53. The summed E-state index contributed by atoms with van der Waals surface area (Å²) in [6.45, 7) is 10.4. The van der Waals surface area contributed by atoms with E-state index in [4.69, 9.17) is 0 Å². The van der Waals surface area contributed by atoms with Gasteiger partial charge in [-0.25, -0.2) is 0 Å². The monoisotopic (exact) mass is 366 g/mol. The van der Waals surface area contributed by atoms with Gasteiger partial charge in [-0.05, 0) is 28.5 Å². The molecule has 2 aromatic carbocycles. The predicted octanol–water partition coefficient (Wildman–Crippen LogP) is 4.92. The molecule has 2 aromatic rings. The topological polar surface area (TPSA) is 49.4 Å². The van der Waals surface area contributed by atoms with Crippen molar-refractivity contribution in [2.75, 3.05) is 11.9 Å². The zero-order valence-electron chi connectivity index (χ0n) is 17.0. The molecule has 0 atom stereocenters. The summed E-state index contributed by atoms with van der Waals surface area (Å²) in [7, 11) is 0. The van der Waals surface area contributed by atoms with Gasteiger partial charge in [-0.15, -0.1) is 0 Å². The van der Waals surface area contributed by atoms with Gasteiger partial charge in [0.05, 0.1) is 0 Å². The Bertz CT molecular complexity index is 756. The van der Waals surface area contributed by atoms with Crippen molar-refractivity contribution in [1.29, 1.82) is 0 Å². The summed E-state index contributed by atoms with van der Waals surface area (Å²) in [6, 6.07) is 15.9. The number of carbonyl (C=O) groups excluding carboxylic acids is 2. The molecule has 0 aliphatic heterocycles. The van der Waals surface area contributed by atoms with E-state index in [0.717, 1.165) is 22.4 Å². The zero-order valence-corrected chi connectivity index (χ0v) is 17.0. The van der Waals surface area contributed by atoms with E-state index in [1.165, 1.54) is 6.92 Å². The molecule has 0 spiro atoms. The highest BCUT2D eigenvalue weighted by molar-refractivity contribution is 5.95. The minimum atomic E-state index is -0.170. The lowest BCUT2D eigenvalue weighted by Gasteiger charge is -2.23. The summed E-state index contributed by atoms with van der Waals surface area (Å²) < 4.78 is 0. The van der Waals surface area contributed by atoms with Gasteiger partial charge in [0.25, 0.3) is 0 Å². The van der Waals surface area contributed by atoms with Crippen LogP contribution >= 0.6 is 0 Å². The Hall–Kier alpha value is -2.62. The number of hydrogen-bond donors (Lipinski definition) is 1. The van der Waals surface area contributed by atoms with Crippen LogP contribution in [-0.4, -0.2) is 23.3 Å². The molecule has 4 nitrogen and oxygen atoms in total. The number of rotatable bonds is 7. The molecule has 4 heteroatoms. The Morgan fingerprint density at radius 1 is 0.889 bits per heavy atom. The van der Waals surface area contributed by atoms with E-state index >= 15 is 0 Å². The molecule has 27 heavy (non-hydrogen) atoms.